The van der Waals surface area contributed by atoms with Crippen molar-refractivity contribution in [3.8, 4) is 0 Å². The van der Waals surface area contributed by atoms with Gasteiger partial charge < -0.3 is 19.4 Å². The van der Waals surface area contributed by atoms with Crippen LogP contribution in [0.25, 0.3) is 0 Å². The first-order chi connectivity index (χ1) is 10.3. The smallest absolute Gasteiger partial charge is 0.194 e. The van der Waals surface area contributed by atoms with Crippen LogP contribution >= 0.6 is 24.0 Å². The molecule has 1 aromatic heterocycles. The lowest BCUT2D eigenvalue weighted by atomic mass is 10.1. The molecule has 0 atom stereocenters. The minimum Gasteiger partial charge on any atom is -0.467 e. The molecule has 1 aromatic rings. The van der Waals surface area contributed by atoms with E-state index in [0.29, 0.717) is 12.6 Å². The third-order valence-corrected chi connectivity index (χ3v) is 4.22. The maximum Gasteiger partial charge on any atom is 0.194 e. The zero-order valence-electron chi connectivity index (χ0n) is 13.2. The number of aliphatic imine (C=N–C) groups is 1. The first-order valence-electron chi connectivity index (χ1n) is 7.94. The van der Waals surface area contributed by atoms with Gasteiger partial charge in [0.2, 0.25) is 0 Å². The molecule has 0 radical (unpaired) electrons. The number of hydrogen-bond acceptors (Lipinski definition) is 3. The van der Waals surface area contributed by atoms with E-state index in [9.17, 15) is 0 Å². The van der Waals surface area contributed by atoms with Crippen molar-refractivity contribution >= 4 is 29.9 Å². The van der Waals surface area contributed by atoms with Gasteiger partial charge in [0, 0.05) is 26.7 Å². The second-order valence-electron chi connectivity index (χ2n) is 5.94. The summed E-state index contributed by atoms with van der Waals surface area (Å²) in [5.74, 6) is 2.73. The summed E-state index contributed by atoms with van der Waals surface area (Å²) in [7, 11) is 1.83. The molecule has 124 valence electrons. The number of nitrogens with one attached hydrogen (secondary N) is 1. The molecule has 1 aliphatic heterocycles. The van der Waals surface area contributed by atoms with E-state index in [1.165, 1.54) is 12.8 Å². The summed E-state index contributed by atoms with van der Waals surface area (Å²) in [5, 5.41) is 3.36. The Labute approximate surface area is 149 Å². The summed E-state index contributed by atoms with van der Waals surface area (Å²) >= 11 is 0. The number of nitrogens with zero attached hydrogens (tertiary/aromatic N) is 2. The van der Waals surface area contributed by atoms with Crippen LogP contribution in [0.4, 0.5) is 0 Å². The number of halogens is 1. The summed E-state index contributed by atoms with van der Waals surface area (Å²) in [6, 6.07) is 3.88. The van der Waals surface area contributed by atoms with Crippen LogP contribution in [0.1, 0.15) is 31.4 Å². The second-order valence-corrected chi connectivity index (χ2v) is 5.94. The lowest BCUT2D eigenvalue weighted by molar-refractivity contribution is 0.0131. The fourth-order valence-corrected chi connectivity index (χ4v) is 2.70. The third-order valence-electron chi connectivity index (χ3n) is 4.22. The SMILES string of the molecule is CN=C(NCc1ccco1)N1CCC(OCC2CC2)CC1.I. The molecule has 0 aromatic carbocycles. The Morgan fingerprint density at radius 2 is 2.14 bits per heavy atom. The van der Waals surface area contributed by atoms with E-state index in [1.807, 2.05) is 19.2 Å². The Bertz CT molecular complexity index is 452. The van der Waals surface area contributed by atoms with E-state index in [4.69, 9.17) is 9.15 Å². The van der Waals surface area contributed by atoms with Crippen LogP contribution in [0.2, 0.25) is 0 Å². The third kappa shape index (κ3) is 5.15. The Kier molecular flexibility index (Phi) is 7.01. The van der Waals surface area contributed by atoms with Gasteiger partial charge in [-0.15, -0.1) is 24.0 Å². The predicted molar refractivity (Wildman–Crippen MR) is 97.6 cm³/mol. The number of ether oxygens (including phenoxy) is 1. The monoisotopic (exact) mass is 419 g/mol. The van der Waals surface area contributed by atoms with Crippen molar-refractivity contribution in [2.45, 2.75) is 38.3 Å². The number of piperidine rings is 1. The van der Waals surface area contributed by atoms with E-state index >= 15 is 0 Å². The zero-order valence-corrected chi connectivity index (χ0v) is 15.5. The highest BCUT2D eigenvalue weighted by molar-refractivity contribution is 14.0. The number of likely N-dealkylation sites (tertiary alicyclic amines) is 1. The summed E-state index contributed by atoms with van der Waals surface area (Å²) < 4.78 is 11.3. The van der Waals surface area contributed by atoms with Gasteiger partial charge in [-0.25, -0.2) is 0 Å². The van der Waals surface area contributed by atoms with Crippen molar-refractivity contribution in [3.05, 3.63) is 24.2 Å². The van der Waals surface area contributed by atoms with Gasteiger partial charge in [-0.1, -0.05) is 0 Å². The quantitative estimate of drug-likeness (QED) is 0.453. The molecule has 5 nitrogen and oxygen atoms in total. The van der Waals surface area contributed by atoms with Gasteiger partial charge >= 0.3 is 0 Å². The van der Waals surface area contributed by atoms with Crippen LogP contribution in [0.5, 0.6) is 0 Å². The Balaban J connectivity index is 0.00000176. The van der Waals surface area contributed by atoms with Crippen LogP contribution < -0.4 is 5.32 Å². The van der Waals surface area contributed by atoms with Gasteiger partial charge in [-0.05, 0) is 43.7 Å². The first kappa shape index (κ1) is 17.6. The summed E-state index contributed by atoms with van der Waals surface area (Å²) in [4.78, 5) is 6.67. The zero-order chi connectivity index (χ0) is 14.5. The molecule has 0 bridgehead atoms. The van der Waals surface area contributed by atoms with Gasteiger partial charge in [0.15, 0.2) is 5.96 Å². The highest BCUT2D eigenvalue weighted by Gasteiger charge is 2.26. The average molecular weight is 419 g/mol. The van der Waals surface area contributed by atoms with E-state index in [2.05, 4.69) is 15.2 Å². The van der Waals surface area contributed by atoms with E-state index in [1.54, 1.807) is 6.26 Å². The summed E-state index contributed by atoms with van der Waals surface area (Å²) in [6.45, 7) is 3.66. The number of rotatable bonds is 5. The molecule has 2 aliphatic rings. The molecule has 1 saturated carbocycles. The fourth-order valence-electron chi connectivity index (χ4n) is 2.70. The molecule has 6 heteroatoms. The molecule has 2 fully saturated rings. The molecule has 1 saturated heterocycles. The van der Waals surface area contributed by atoms with Gasteiger partial charge in [0.25, 0.3) is 0 Å². The van der Waals surface area contributed by atoms with Gasteiger partial charge in [-0.3, -0.25) is 4.99 Å². The van der Waals surface area contributed by atoms with Crippen molar-refractivity contribution in [1.29, 1.82) is 0 Å². The number of furan rings is 1. The maximum atomic E-state index is 5.99. The molecule has 22 heavy (non-hydrogen) atoms. The van der Waals surface area contributed by atoms with Gasteiger partial charge in [-0.2, -0.15) is 0 Å². The summed E-state index contributed by atoms with van der Waals surface area (Å²) in [5.41, 5.74) is 0. The number of hydrogen-bond donors (Lipinski definition) is 1. The largest absolute Gasteiger partial charge is 0.467 e. The van der Waals surface area contributed by atoms with Crippen molar-refractivity contribution in [1.82, 2.24) is 10.2 Å². The van der Waals surface area contributed by atoms with E-state index in [0.717, 1.165) is 50.2 Å². The van der Waals surface area contributed by atoms with Crippen molar-refractivity contribution in [2.75, 3.05) is 26.7 Å². The highest BCUT2D eigenvalue weighted by Crippen LogP contribution is 2.30. The maximum absolute atomic E-state index is 5.99. The Morgan fingerprint density at radius 3 is 2.73 bits per heavy atom. The Morgan fingerprint density at radius 1 is 1.36 bits per heavy atom. The topological polar surface area (TPSA) is 50.0 Å². The van der Waals surface area contributed by atoms with Crippen LogP contribution in [-0.4, -0.2) is 43.7 Å². The van der Waals surface area contributed by atoms with Crippen LogP contribution in [0.15, 0.2) is 27.8 Å². The molecule has 1 aliphatic carbocycles. The highest BCUT2D eigenvalue weighted by atomic mass is 127. The van der Waals surface area contributed by atoms with Gasteiger partial charge in [0.1, 0.15) is 5.76 Å². The molecule has 0 amide bonds. The first-order valence-corrected chi connectivity index (χ1v) is 7.94. The molecular formula is C16H26IN3O2. The standard InChI is InChI=1S/C16H25N3O2.HI/c1-17-16(18-11-15-3-2-10-20-15)19-8-6-14(7-9-19)21-12-13-4-5-13;/h2-3,10,13-14H,4-9,11-12H2,1H3,(H,17,18);1H. The summed E-state index contributed by atoms with van der Waals surface area (Å²) in [6.07, 6.45) is 7.04. The fraction of sp³-hybridized carbons (Fsp3) is 0.688. The molecule has 1 N–H and O–H groups in total. The van der Waals surface area contributed by atoms with Crippen molar-refractivity contribution in [2.24, 2.45) is 10.9 Å². The minimum atomic E-state index is 0. The van der Waals surface area contributed by atoms with Crippen molar-refractivity contribution in [3.63, 3.8) is 0 Å². The molecule has 0 spiro atoms. The van der Waals surface area contributed by atoms with Crippen molar-refractivity contribution < 1.29 is 9.15 Å². The van der Waals surface area contributed by atoms with Crippen LogP contribution in [-0.2, 0) is 11.3 Å². The molecule has 0 unspecified atom stereocenters. The lowest BCUT2D eigenvalue weighted by Crippen LogP contribution is -2.46. The molecule has 3 rings (SSSR count). The molecule has 2 heterocycles. The molecular weight excluding hydrogens is 393 g/mol. The Hall–Kier alpha value is -0.760. The van der Waals surface area contributed by atoms with E-state index in [-0.39, 0.29) is 24.0 Å². The van der Waals surface area contributed by atoms with Crippen LogP contribution in [0, 0.1) is 5.92 Å². The lowest BCUT2D eigenvalue weighted by Gasteiger charge is -2.34. The predicted octanol–water partition coefficient (Wildman–Crippen LogP) is 2.86. The van der Waals surface area contributed by atoms with E-state index < -0.39 is 0 Å². The van der Waals surface area contributed by atoms with Crippen LogP contribution in [0.3, 0.4) is 0 Å². The normalized spacial score (nSPS) is 19.9. The van der Waals surface area contributed by atoms with Gasteiger partial charge in [0.05, 0.1) is 18.9 Å². The minimum absolute atomic E-state index is 0. The second kappa shape index (κ2) is 8.76. The average Bonchev–Trinajstić information content (AvgIpc) is 3.21. The number of guanidine groups is 1.